The average Bonchev–Trinajstić information content (AvgIpc) is 2.74. The number of hydrogen-bond acceptors (Lipinski definition) is 3. The Morgan fingerprint density at radius 2 is 1.53 bits per heavy atom. The molecule has 0 radical (unpaired) electrons. The van der Waals surface area contributed by atoms with Crippen LogP contribution in [0.4, 0.5) is 0 Å². The molecule has 0 saturated heterocycles. The fraction of sp³-hybridized carbons (Fsp3) is 0.435. The lowest BCUT2D eigenvalue weighted by Gasteiger charge is -2.22. The summed E-state index contributed by atoms with van der Waals surface area (Å²) in [6, 6.07) is 14.8. The summed E-state index contributed by atoms with van der Waals surface area (Å²) in [6.45, 7) is 7.06. The summed E-state index contributed by atoms with van der Waals surface area (Å²) >= 11 is 0. The number of nitrogens with zero attached hydrogens (tertiary/aromatic N) is 1. The van der Waals surface area contributed by atoms with Crippen molar-refractivity contribution in [3.63, 3.8) is 0 Å². The zero-order chi connectivity index (χ0) is 22.3. The van der Waals surface area contributed by atoms with Crippen molar-refractivity contribution < 1.29 is 18.1 Å². The van der Waals surface area contributed by atoms with Crippen molar-refractivity contribution in [1.29, 1.82) is 0 Å². The minimum Gasteiger partial charge on any atom is -0.346 e. The first-order valence-corrected chi connectivity index (χ1v) is 12.0. The highest BCUT2D eigenvalue weighted by atomic mass is 32.2. The van der Waals surface area contributed by atoms with E-state index < -0.39 is 10.0 Å². The Labute approximate surface area is 180 Å². The van der Waals surface area contributed by atoms with Crippen molar-refractivity contribution in [1.82, 2.24) is 9.62 Å². The molecule has 2 aromatic rings. The van der Waals surface area contributed by atoms with Gasteiger partial charge in [-0.25, -0.2) is 8.42 Å². The van der Waals surface area contributed by atoms with Gasteiger partial charge >= 0.3 is 0 Å². The molecule has 0 fully saturated rings. The molecule has 0 saturated carbocycles. The molecule has 0 unspecified atom stereocenters. The molecule has 2 N–H and O–H groups in total. The van der Waals surface area contributed by atoms with E-state index in [1.165, 1.54) is 32.5 Å². The van der Waals surface area contributed by atoms with Crippen molar-refractivity contribution in [2.45, 2.75) is 38.1 Å². The number of benzene rings is 2. The van der Waals surface area contributed by atoms with Crippen molar-refractivity contribution in [3.8, 4) is 0 Å². The predicted molar refractivity (Wildman–Crippen MR) is 120 cm³/mol. The van der Waals surface area contributed by atoms with Crippen LogP contribution in [0.3, 0.4) is 0 Å². The number of quaternary nitrogens is 1. The molecule has 6 nitrogen and oxygen atoms in total. The Morgan fingerprint density at radius 3 is 2.00 bits per heavy atom. The third-order valence-electron chi connectivity index (χ3n) is 5.41. The molecule has 1 amide bonds. The fourth-order valence-corrected chi connectivity index (χ4v) is 4.89. The summed E-state index contributed by atoms with van der Waals surface area (Å²) < 4.78 is 26.6. The topological polar surface area (TPSA) is 70.9 Å². The van der Waals surface area contributed by atoms with E-state index >= 15 is 0 Å². The number of carbonyl (C=O) groups excluding carboxylic acids is 1. The highest BCUT2D eigenvalue weighted by molar-refractivity contribution is 7.89. The van der Waals surface area contributed by atoms with E-state index in [0.29, 0.717) is 25.2 Å². The minimum atomic E-state index is -3.52. The summed E-state index contributed by atoms with van der Waals surface area (Å²) in [5.41, 5.74) is 2.91. The number of rotatable bonds is 10. The van der Waals surface area contributed by atoms with E-state index in [1.54, 1.807) is 12.1 Å². The zero-order valence-corrected chi connectivity index (χ0v) is 19.4. The van der Waals surface area contributed by atoms with Crippen LogP contribution >= 0.6 is 0 Å². The second kappa shape index (κ2) is 10.7. The SMILES string of the molecule is CCc1ccc([C@@H](CNC(=O)c2ccc(S(=O)(=O)N(CC)CC)cc2)[NH+](C)C)cc1. The molecule has 1 atom stereocenters. The molecule has 164 valence electrons. The molecule has 0 heterocycles. The monoisotopic (exact) mass is 432 g/mol. The number of likely N-dealkylation sites (N-methyl/N-ethyl adjacent to an activating group) is 1. The second-order valence-corrected chi connectivity index (χ2v) is 9.49. The Morgan fingerprint density at radius 1 is 0.967 bits per heavy atom. The van der Waals surface area contributed by atoms with Crippen molar-refractivity contribution >= 4 is 15.9 Å². The van der Waals surface area contributed by atoms with Crippen molar-refractivity contribution in [3.05, 3.63) is 65.2 Å². The minimum absolute atomic E-state index is 0.127. The number of hydrogen-bond donors (Lipinski definition) is 2. The first kappa shape index (κ1) is 24.1. The second-order valence-electron chi connectivity index (χ2n) is 7.55. The highest BCUT2D eigenvalue weighted by Crippen LogP contribution is 2.16. The quantitative estimate of drug-likeness (QED) is 0.602. The lowest BCUT2D eigenvalue weighted by Crippen LogP contribution is -3.07. The molecule has 2 rings (SSSR count). The van der Waals surface area contributed by atoms with Gasteiger partial charge in [-0.2, -0.15) is 4.31 Å². The molecule has 0 aromatic heterocycles. The fourth-order valence-electron chi connectivity index (χ4n) is 3.43. The maximum absolute atomic E-state index is 12.6. The standard InChI is InChI=1S/C23H33N3O3S/c1-6-18-9-11-19(12-10-18)22(25(4)5)17-24-23(27)20-13-15-21(16-14-20)30(28,29)26(7-2)8-3/h9-16,22H,6-8,17H2,1-5H3,(H,24,27)/p+1/t22-/m1/s1. The Hall–Kier alpha value is -2.22. The predicted octanol–water partition coefficient (Wildman–Crippen LogP) is 1.90. The van der Waals surface area contributed by atoms with Crippen LogP contribution in [0, 0.1) is 0 Å². The zero-order valence-electron chi connectivity index (χ0n) is 18.6. The number of carbonyl (C=O) groups is 1. The lowest BCUT2D eigenvalue weighted by molar-refractivity contribution is -0.890. The molecule has 0 aliphatic carbocycles. The van der Waals surface area contributed by atoms with E-state index in [0.717, 1.165) is 6.42 Å². The van der Waals surface area contributed by atoms with Crippen LogP contribution in [-0.2, 0) is 16.4 Å². The summed E-state index contributed by atoms with van der Waals surface area (Å²) in [6.07, 6.45) is 0.997. The number of sulfonamides is 1. The Balaban J connectivity index is 2.09. The summed E-state index contributed by atoms with van der Waals surface area (Å²) in [4.78, 5) is 14.1. The molecular weight excluding hydrogens is 398 g/mol. The lowest BCUT2D eigenvalue weighted by atomic mass is 10.0. The number of nitrogens with one attached hydrogen (secondary N) is 2. The first-order valence-electron chi connectivity index (χ1n) is 10.5. The van der Waals surface area contributed by atoms with Crippen LogP contribution in [0.2, 0.25) is 0 Å². The third kappa shape index (κ3) is 5.68. The van der Waals surface area contributed by atoms with Crippen LogP contribution in [0.1, 0.15) is 48.3 Å². The smallest absolute Gasteiger partial charge is 0.251 e. The molecule has 0 aliphatic rings. The van der Waals surface area contributed by atoms with Crippen molar-refractivity contribution in [2.24, 2.45) is 0 Å². The van der Waals surface area contributed by atoms with E-state index in [-0.39, 0.29) is 16.8 Å². The average molecular weight is 433 g/mol. The van der Waals surface area contributed by atoms with E-state index in [4.69, 9.17) is 0 Å². The van der Waals surface area contributed by atoms with Gasteiger partial charge in [0.15, 0.2) is 0 Å². The highest BCUT2D eigenvalue weighted by Gasteiger charge is 2.22. The molecule has 0 bridgehead atoms. The maximum atomic E-state index is 12.6. The van der Waals surface area contributed by atoms with Gasteiger partial charge < -0.3 is 10.2 Å². The number of aryl methyl sites for hydroxylation is 1. The summed E-state index contributed by atoms with van der Waals surface area (Å²) in [7, 11) is 0.610. The third-order valence-corrected chi connectivity index (χ3v) is 7.48. The van der Waals surface area contributed by atoms with Crippen LogP contribution < -0.4 is 10.2 Å². The van der Waals surface area contributed by atoms with E-state index in [9.17, 15) is 13.2 Å². The van der Waals surface area contributed by atoms with Gasteiger partial charge in [-0.15, -0.1) is 0 Å². The van der Waals surface area contributed by atoms with Crippen molar-refractivity contribution in [2.75, 3.05) is 33.7 Å². The van der Waals surface area contributed by atoms with E-state index in [2.05, 4.69) is 50.6 Å². The van der Waals surface area contributed by atoms with Gasteiger partial charge in [0.1, 0.15) is 6.04 Å². The number of amides is 1. The molecule has 2 aromatic carbocycles. The van der Waals surface area contributed by atoms with Gasteiger partial charge in [0.2, 0.25) is 10.0 Å². The summed E-state index contributed by atoms with van der Waals surface area (Å²) in [5, 5.41) is 2.99. The normalized spacial score (nSPS) is 12.9. The maximum Gasteiger partial charge on any atom is 0.251 e. The Bertz CT molecular complexity index is 919. The van der Waals surface area contributed by atoms with Gasteiger partial charge in [0, 0.05) is 24.2 Å². The molecule has 30 heavy (non-hydrogen) atoms. The largest absolute Gasteiger partial charge is 0.346 e. The van der Waals surface area contributed by atoms with Gasteiger partial charge in [-0.1, -0.05) is 45.0 Å². The van der Waals surface area contributed by atoms with Crippen LogP contribution in [0.25, 0.3) is 0 Å². The van der Waals surface area contributed by atoms with Gasteiger partial charge in [-0.05, 0) is 36.2 Å². The van der Waals surface area contributed by atoms with Gasteiger partial charge in [0.05, 0.1) is 25.5 Å². The van der Waals surface area contributed by atoms with E-state index in [1.807, 2.05) is 13.8 Å². The first-order chi connectivity index (χ1) is 14.2. The molecule has 7 heteroatoms. The van der Waals surface area contributed by atoms with Gasteiger partial charge in [-0.3, -0.25) is 4.79 Å². The molecule has 0 aliphatic heterocycles. The molecular formula is C23H34N3O3S+. The van der Waals surface area contributed by atoms with Crippen LogP contribution in [0.15, 0.2) is 53.4 Å². The van der Waals surface area contributed by atoms with Gasteiger partial charge in [0.25, 0.3) is 5.91 Å². The molecule has 0 spiro atoms. The van der Waals surface area contributed by atoms with Crippen LogP contribution in [0.5, 0.6) is 0 Å². The van der Waals surface area contributed by atoms with Crippen LogP contribution in [-0.4, -0.2) is 52.4 Å². The Kier molecular flexibility index (Phi) is 8.58. The summed E-state index contributed by atoms with van der Waals surface area (Å²) in [5.74, 6) is -0.210.